The van der Waals surface area contributed by atoms with Crippen LogP contribution in [-0.4, -0.2) is 29.2 Å². The van der Waals surface area contributed by atoms with E-state index in [0.29, 0.717) is 23.0 Å². The van der Waals surface area contributed by atoms with Gasteiger partial charge in [-0.05, 0) is 54.7 Å². The van der Waals surface area contributed by atoms with Crippen molar-refractivity contribution in [3.8, 4) is 0 Å². The van der Waals surface area contributed by atoms with Gasteiger partial charge in [0.2, 0.25) is 11.0 Å². The Morgan fingerprint density at radius 1 is 1.21 bits per heavy atom. The van der Waals surface area contributed by atoms with Gasteiger partial charge in [-0.25, -0.2) is 4.79 Å². The molecule has 2 aliphatic rings. The van der Waals surface area contributed by atoms with Crippen molar-refractivity contribution in [1.29, 1.82) is 0 Å². The molecule has 2 aliphatic carbocycles. The molecule has 0 aliphatic heterocycles. The Hall–Kier alpha value is -1.93. The van der Waals surface area contributed by atoms with Crippen molar-refractivity contribution in [3.05, 3.63) is 35.4 Å². The first-order chi connectivity index (χ1) is 13.6. The fraction of sp³-hybridized carbons (Fsp3) is 0.500. The predicted octanol–water partition coefficient (Wildman–Crippen LogP) is 4.38. The minimum absolute atomic E-state index is 0.0589. The molecule has 1 aromatic heterocycles. The van der Waals surface area contributed by atoms with Crippen LogP contribution in [-0.2, 0) is 15.3 Å². The summed E-state index contributed by atoms with van der Waals surface area (Å²) < 4.78 is 5.51. The normalized spacial score (nSPS) is 23.0. The number of carbonyl (C=O) groups excluding carboxylic acids is 2. The highest BCUT2D eigenvalue weighted by atomic mass is 32.2. The molecule has 2 saturated carbocycles. The molecule has 4 rings (SSSR count). The number of fused-ring (bicyclic) bond motifs is 2. The maximum atomic E-state index is 12.3. The summed E-state index contributed by atoms with van der Waals surface area (Å²) >= 11 is 2.96. The summed E-state index contributed by atoms with van der Waals surface area (Å²) in [6.45, 7) is 0. The number of nitrogens with zero attached hydrogens (tertiary/aromatic N) is 2. The minimum atomic E-state index is -0.339. The summed E-state index contributed by atoms with van der Waals surface area (Å²) in [6.07, 6.45) is 5.78. The van der Waals surface area contributed by atoms with E-state index in [2.05, 4.69) is 15.5 Å². The average molecular weight is 418 g/mol. The lowest BCUT2D eigenvalue weighted by molar-refractivity contribution is -0.117. The SMILES string of the molecule is COC(=O)c1ccc(CSc2nnc(NC(=O)C[C@@H]3C[C@H]4CC[C@H]3C4)s2)cc1. The Morgan fingerprint density at radius 3 is 2.71 bits per heavy atom. The number of thioether (sulfide) groups is 1. The lowest BCUT2D eigenvalue weighted by Gasteiger charge is -2.20. The molecule has 1 N–H and O–H groups in total. The van der Waals surface area contributed by atoms with Gasteiger partial charge in [0.25, 0.3) is 0 Å². The van der Waals surface area contributed by atoms with E-state index in [-0.39, 0.29) is 11.9 Å². The first kappa shape index (κ1) is 19.4. The molecule has 2 bridgehead atoms. The van der Waals surface area contributed by atoms with Crippen LogP contribution in [0, 0.1) is 17.8 Å². The van der Waals surface area contributed by atoms with Crippen molar-refractivity contribution in [1.82, 2.24) is 10.2 Å². The van der Waals surface area contributed by atoms with Gasteiger partial charge < -0.3 is 10.1 Å². The van der Waals surface area contributed by atoms with Crippen LogP contribution in [0.25, 0.3) is 0 Å². The predicted molar refractivity (Wildman–Crippen MR) is 109 cm³/mol. The summed E-state index contributed by atoms with van der Waals surface area (Å²) in [5.74, 6) is 2.59. The molecule has 28 heavy (non-hydrogen) atoms. The zero-order valence-corrected chi connectivity index (χ0v) is 17.4. The fourth-order valence-corrected chi connectivity index (χ4v) is 6.08. The molecule has 2 aromatic rings. The molecule has 0 spiro atoms. The van der Waals surface area contributed by atoms with Gasteiger partial charge >= 0.3 is 5.97 Å². The Kier molecular flexibility index (Phi) is 5.96. The smallest absolute Gasteiger partial charge is 0.337 e. The second-order valence-corrected chi connectivity index (χ2v) is 9.74. The largest absolute Gasteiger partial charge is 0.465 e. The Morgan fingerprint density at radius 2 is 2.04 bits per heavy atom. The summed E-state index contributed by atoms with van der Waals surface area (Å²) in [6, 6.07) is 7.31. The highest BCUT2D eigenvalue weighted by Gasteiger charge is 2.40. The van der Waals surface area contributed by atoms with Crippen LogP contribution in [0.4, 0.5) is 5.13 Å². The number of aromatic nitrogens is 2. The number of hydrogen-bond acceptors (Lipinski definition) is 7. The molecular weight excluding hydrogens is 394 g/mol. The molecule has 0 radical (unpaired) electrons. The van der Waals surface area contributed by atoms with Gasteiger partial charge in [0.05, 0.1) is 12.7 Å². The summed E-state index contributed by atoms with van der Waals surface area (Å²) in [5, 5.41) is 11.7. The van der Waals surface area contributed by atoms with Crippen molar-refractivity contribution < 1.29 is 14.3 Å². The summed E-state index contributed by atoms with van der Waals surface area (Å²) in [4.78, 5) is 23.8. The molecule has 0 unspecified atom stereocenters. The van der Waals surface area contributed by atoms with Crippen LogP contribution < -0.4 is 5.32 Å². The minimum Gasteiger partial charge on any atom is -0.465 e. The van der Waals surface area contributed by atoms with E-state index in [9.17, 15) is 9.59 Å². The first-order valence-electron chi connectivity index (χ1n) is 9.54. The van der Waals surface area contributed by atoms with Gasteiger partial charge in [0.15, 0.2) is 4.34 Å². The zero-order valence-electron chi connectivity index (χ0n) is 15.7. The third-order valence-electron chi connectivity index (χ3n) is 5.72. The van der Waals surface area contributed by atoms with Crippen LogP contribution in [0.5, 0.6) is 0 Å². The summed E-state index contributed by atoms with van der Waals surface area (Å²) in [7, 11) is 1.37. The highest BCUT2D eigenvalue weighted by molar-refractivity contribution is 8.00. The number of carbonyl (C=O) groups is 2. The van der Waals surface area contributed by atoms with Gasteiger partial charge in [0, 0.05) is 12.2 Å². The van der Waals surface area contributed by atoms with Crippen molar-refractivity contribution in [2.24, 2.45) is 17.8 Å². The first-order valence-corrected chi connectivity index (χ1v) is 11.3. The third kappa shape index (κ3) is 4.55. The van der Waals surface area contributed by atoms with Crippen LogP contribution in [0.15, 0.2) is 28.6 Å². The second-order valence-electron chi connectivity index (χ2n) is 7.54. The number of rotatable bonds is 7. The monoisotopic (exact) mass is 417 g/mol. The van der Waals surface area contributed by atoms with Crippen molar-refractivity contribution >= 4 is 40.1 Å². The number of ether oxygens (including phenoxy) is 1. The molecule has 1 heterocycles. The molecule has 148 valence electrons. The quantitative estimate of drug-likeness (QED) is 0.409. The van der Waals surface area contributed by atoms with Gasteiger partial charge in [0.1, 0.15) is 0 Å². The van der Waals surface area contributed by atoms with Crippen molar-refractivity contribution in [2.45, 2.75) is 42.2 Å². The maximum Gasteiger partial charge on any atom is 0.337 e. The standard InChI is InChI=1S/C20H23N3O3S2/c1-26-18(25)14-5-2-12(3-6-14)11-27-20-23-22-19(28-20)21-17(24)10-16-9-13-4-7-15(16)8-13/h2-3,5-6,13,15-16H,4,7-11H2,1H3,(H,21,22,24)/t13-,15-,16-/m0/s1. The molecule has 0 saturated heterocycles. The van der Waals surface area contributed by atoms with Crippen LogP contribution in [0.2, 0.25) is 0 Å². The highest BCUT2D eigenvalue weighted by Crippen LogP contribution is 2.49. The van der Waals surface area contributed by atoms with E-state index in [1.54, 1.807) is 23.9 Å². The number of anilines is 1. The lowest BCUT2D eigenvalue weighted by Crippen LogP contribution is -2.20. The molecule has 3 atom stereocenters. The van der Waals surface area contributed by atoms with Crippen molar-refractivity contribution in [3.63, 3.8) is 0 Å². The number of hydrogen-bond donors (Lipinski definition) is 1. The van der Waals surface area contributed by atoms with E-state index >= 15 is 0 Å². The molecule has 2 fully saturated rings. The second kappa shape index (κ2) is 8.61. The van der Waals surface area contributed by atoms with E-state index in [0.717, 1.165) is 27.5 Å². The number of benzene rings is 1. The van der Waals surface area contributed by atoms with E-state index in [1.165, 1.54) is 44.1 Å². The van der Waals surface area contributed by atoms with E-state index in [4.69, 9.17) is 4.74 Å². The number of nitrogens with one attached hydrogen (secondary N) is 1. The Balaban J connectivity index is 1.25. The average Bonchev–Trinajstić information content (AvgIpc) is 3.43. The van der Waals surface area contributed by atoms with Gasteiger partial charge in [-0.2, -0.15) is 0 Å². The molecule has 1 aromatic carbocycles. The van der Waals surface area contributed by atoms with E-state index < -0.39 is 0 Å². The van der Waals surface area contributed by atoms with Gasteiger partial charge in [-0.1, -0.05) is 41.7 Å². The molecule has 6 nitrogen and oxygen atoms in total. The number of esters is 1. The van der Waals surface area contributed by atoms with Crippen molar-refractivity contribution in [2.75, 3.05) is 12.4 Å². The van der Waals surface area contributed by atoms with Gasteiger partial charge in [-0.3, -0.25) is 4.79 Å². The Labute approximate surface area is 172 Å². The molecular formula is C20H23N3O3S2. The fourth-order valence-electron chi connectivity index (χ4n) is 4.35. The molecule has 8 heteroatoms. The lowest BCUT2D eigenvalue weighted by atomic mass is 9.86. The van der Waals surface area contributed by atoms with Gasteiger partial charge in [-0.15, -0.1) is 10.2 Å². The topological polar surface area (TPSA) is 81.2 Å². The summed E-state index contributed by atoms with van der Waals surface area (Å²) in [5.41, 5.74) is 1.61. The third-order valence-corrected chi connectivity index (χ3v) is 7.77. The zero-order chi connectivity index (χ0) is 19.5. The number of amides is 1. The van der Waals surface area contributed by atoms with Crippen LogP contribution >= 0.6 is 23.1 Å². The van der Waals surface area contributed by atoms with Crippen LogP contribution in [0.3, 0.4) is 0 Å². The van der Waals surface area contributed by atoms with E-state index in [1.807, 2.05) is 12.1 Å². The number of methoxy groups -OCH3 is 1. The van der Waals surface area contributed by atoms with Crippen LogP contribution in [0.1, 0.15) is 48.0 Å². The molecule has 1 amide bonds. The maximum absolute atomic E-state index is 12.3. The Bertz CT molecular complexity index is 853.